The van der Waals surface area contributed by atoms with Gasteiger partial charge in [0, 0.05) is 24.8 Å². The predicted molar refractivity (Wildman–Crippen MR) is 82.3 cm³/mol. The summed E-state index contributed by atoms with van der Waals surface area (Å²) in [6.07, 6.45) is 1.28. The van der Waals surface area contributed by atoms with Crippen LogP contribution in [0.1, 0.15) is 19.8 Å². The highest BCUT2D eigenvalue weighted by Crippen LogP contribution is 2.19. The Kier molecular flexibility index (Phi) is 5.63. The number of anilines is 1. The van der Waals surface area contributed by atoms with Crippen LogP contribution in [0.2, 0.25) is 0 Å². The number of nitrogens with zero attached hydrogens (tertiary/aromatic N) is 1. The number of esters is 1. The molecule has 0 spiro atoms. The molecule has 1 aromatic carbocycles. The van der Waals surface area contributed by atoms with Crippen LogP contribution in [0.3, 0.4) is 0 Å². The Labute approximate surface area is 130 Å². The second-order valence-corrected chi connectivity index (χ2v) is 5.27. The molecule has 0 aliphatic carbocycles. The highest BCUT2D eigenvalue weighted by Gasteiger charge is 2.28. The normalized spacial score (nSPS) is 15.4. The van der Waals surface area contributed by atoms with Gasteiger partial charge in [-0.25, -0.2) is 0 Å². The van der Waals surface area contributed by atoms with Crippen LogP contribution in [0.4, 0.5) is 5.69 Å². The first-order chi connectivity index (χ1) is 10.6. The first-order valence-electron chi connectivity index (χ1n) is 7.53. The third-order valence-corrected chi connectivity index (χ3v) is 3.69. The molecule has 1 aliphatic heterocycles. The van der Waals surface area contributed by atoms with Gasteiger partial charge >= 0.3 is 5.97 Å². The van der Waals surface area contributed by atoms with E-state index < -0.39 is 0 Å². The summed E-state index contributed by atoms with van der Waals surface area (Å²) in [4.78, 5) is 25.5. The molecular formula is C16H22N2O4. The average Bonchev–Trinajstić information content (AvgIpc) is 2.53. The maximum absolute atomic E-state index is 12.1. The number of carbonyl (C=O) groups is 2. The number of hydrogen-bond acceptors (Lipinski definition) is 5. The Morgan fingerprint density at radius 3 is 2.68 bits per heavy atom. The van der Waals surface area contributed by atoms with E-state index in [0.717, 1.165) is 0 Å². The van der Waals surface area contributed by atoms with E-state index in [9.17, 15) is 9.59 Å². The Morgan fingerprint density at radius 1 is 1.32 bits per heavy atom. The van der Waals surface area contributed by atoms with Crippen LogP contribution in [0.5, 0.6) is 5.75 Å². The monoisotopic (exact) mass is 306 g/mol. The number of likely N-dealkylation sites (tertiary alicyclic amines) is 1. The van der Waals surface area contributed by atoms with Crippen molar-refractivity contribution in [3.05, 3.63) is 24.3 Å². The summed E-state index contributed by atoms with van der Waals surface area (Å²) in [6, 6.07) is 6.98. The minimum atomic E-state index is -0.161. The third-order valence-electron chi connectivity index (χ3n) is 3.69. The van der Waals surface area contributed by atoms with Crippen LogP contribution >= 0.6 is 0 Å². The van der Waals surface area contributed by atoms with Gasteiger partial charge < -0.3 is 20.1 Å². The molecule has 0 atom stereocenters. The van der Waals surface area contributed by atoms with E-state index in [-0.39, 0.29) is 24.4 Å². The van der Waals surface area contributed by atoms with E-state index in [2.05, 4.69) is 0 Å². The number of carbonyl (C=O) groups excluding carboxylic acids is 2. The number of benzene rings is 1. The number of hydrogen-bond donors (Lipinski definition) is 1. The quantitative estimate of drug-likeness (QED) is 0.657. The molecule has 0 bridgehead atoms. The maximum Gasteiger partial charge on any atom is 0.309 e. The zero-order valence-corrected chi connectivity index (χ0v) is 12.8. The van der Waals surface area contributed by atoms with E-state index >= 15 is 0 Å². The van der Waals surface area contributed by atoms with Gasteiger partial charge in [0.1, 0.15) is 5.75 Å². The van der Waals surface area contributed by atoms with Crippen molar-refractivity contribution < 1.29 is 19.1 Å². The topological polar surface area (TPSA) is 81.9 Å². The van der Waals surface area contributed by atoms with Crippen molar-refractivity contribution in [2.45, 2.75) is 19.8 Å². The minimum absolute atomic E-state index is 0.0203. The molecule has 1 amide bonds. The summed E-state index contributed by atoms with van der Waals surface area (Å²) in [7, 11) is 0. The Morgan fingerprint density at radius 2 is 2.05 bits per heavy atom. The van der Waals surface area contributed by atoms with E-state index in [1.54, 1.807) is 36.1 Å². The van der Waals surface area contributed by atoms with Crippen molar-refractivity contribution in [2.75, 3.05) is 32.0 Å². The largest absolute Gasteiger partial charge is 0.484 e. The third kappa shape index (κ3) is 4.38. The van der Waals surface area contributed by atoms with Gasteiger partial charge in [0.15, 0.2) is 6.61 Å². The maximum atomic E-state index is 12.1. The summed E-state index contributed by atoms with van der Waals surface area (Å²) in [6.45, 7) is 3.29. The Balaban J connectivity index is 1.76. The van der Waals surface area contributed by atoms with Crippen LogP contribution in [0, 0.1) is 5.92 Å². The molecule has 0 aromatic heterocycles. The lowest BCUT2D eigenvalue weighted by Gasteiger charge is -2.30. The highest BCUT2D eigenvalue weighted by molar-refractivity contribution is 5.78. The number of nitrogen functional groups attached to an aromatic ring is 1. The molecule has 1 heterocycles. The van der Waals surface area contributed by atoms with Gasteiger partial charge in [-0.3, -0.25) is 9.59 Å². The van der Waals surface area contributed by atoms with Crippen LogP contribution in [0.15, 0.2) is 24.3 Å². The highest BCUT2D eigenvalue weighted by atomic mass is 16.5. The molecule has 2 N–H and O–H groups in total. The zero-order valence-electron chi connectivity index (χ0n) is 12.8. The second kappa shape index (κ2) is 7.68. The lowest BCUT2D eigenvalue weighted by molar-refractivity contribution is -0.151. The van der Waals surface area contributed by atoms with Crippen molar-refractivity contribution in [3.63, 3.8) is 0 Å². The zero-order chi connectivity index (χ0) is 15.9. The van der Waals surface area contributed by atoms with Gasteiger partial charge in [0.05, 0.1) is 12.5 Å². The first-order valence-corrected chi connectivity index (χ1v) is 7.53. The van der Waals surface area contributed by atoms with Gasteiger partial charge in [-0.2, -0.15) is 0 Å². The standard InChI is InChI=1S/C16H22N2O4/c1-2-21-16(20)12-6-8-18(9-7-12)15(19)11-22-14-5-3-4-13(17)10-14/h3-5,10,12H,2,6-9,11,17H2,1H3. The van der Waals surface area contributed by atoms with Crippen LogP contribution in [-0.2, 0) is 14.3 Å². The van der Waals surface area contributed by atoms with Gasteiger partial charge in [-0.05, 0) is 31.9 Å². The molecule has 1 fully saturated rings. The molecule has 2 rings (SSSR count). The lowest BCUT2D eigenvalue weighted by atomic mass is 9.97. The van der Waals surface area contributed by atoms with E-state index in [4.69, 9.17) is 15.2 Å². The van der Waals surface area contributed by atoms with Gasteiger partial charge in [0.2, 0.25) is 0 Å². The molecule has 1 saturated heterocycles. The average molecular weight is 306 g/mol. The Bertz CT molecular complexity index is 525. The SMILES string of the molecule is CCOC(=O)C1CCN(C(=O)COc2cccc(N)c2)CC1. The number of amides is 1. The van der Waals surface area contributed by atoms with Gasteiger partial charge in [-0.15, -0.1) is 0 Å². The number of ether oxygens (including phenoxy) is 2. The summed E-state index contributed by atoms with van der Waals surface area (Å²) in [5, 5.41) is 0. The van der Waals surface area contributed by atoms with Crippen LogP contribution < -0.4 is 10.5 Å². The molecule has 1 aliphatic rings. The molecule has 6 nitrogen and oxygen atoms in total. The van der Waals surface area contributed by atoms with Crippen LogP contribution in [0.25, 0.3) is 0 Å². The van der Waals surface area contributed by atoms with E-state index in [1.807, 2.05) is 0 Å². The molecule has 6 heteroatoms. The Hall–Kier alpha value is -2.24. The predicted octanol–water partition coefficient (Wildman–Crippen LogP) is 1.45. The summed E-state index contributed by atoms with van der Waals surface area (Å²) < 4.78 is 10.5. The smallest absolute Gasteiger partial charge is 0.309 e. The second-order valence-electron chi connectivity index (χ2n) is 5.27. The molecule has 0 saturated carbocycles. The molecule has 22 heavy (non-hydrogen) atoms. The molecule has 120 valence electrons. The lowest BCUT2D eigenvalue weighted by Crippen LogP contribution is -2.42. The minimum Gasteiger partial charge on any atom is -0.484 e. The summed E-state index contributed by atoms with van der Waals surface area (Å²) in [5.41, 5.74) is 6.25. The number of nitrogens with two attached hydrogens (primary N) is 1. The fourth-order valence-corrected chi connectivity index (χ4v) is 2.47. The van der Waals surface area contributed by atoms with E-state index in [1.165, 1.54) is 0 Å². The van der Waals surface area contributed by atoms with Crippen molar-refractivity contribution >= 4 is 17.6 Å². The molecular weight excluding hydrogens is 284 g/mol. The molecule has 1 aromatic rings. The van der Waals surface area contributed by atoms with E-state index in [0.29, 0.717) is 44.0 Å². The van der Waals surface area contributed by atoms with Crippen molar-refractivity contribution in [1.29, 1.82) is 0 Å². The van der Waals surface area contributed by atoms with Gasteiger partial charge in [0.25, 0.3) is 5.91 Å². The van der Waals surface area contributed by atoms with Crippen LogP contribution in [-0.4, -0.2) is 43.1 Å². The van der Waals surface area contributed by atoms with Gasteiger partial charge in [-0.1, -0.05) is 6.07 Å². The molecule has 0 unspecified atom stereocenters. The fourth-order valence-electron chi connectivity index (χ4n) is 2.47. The number of rotatable bonds is 5. The van der Waals surface area contributed by atoms with Crippen molar-refractivity contribution in [1.82, 2.24) is 4.90 Å². The first kappa shape index (κ1) is 16.1. The fraction of sp³-hybridized carbons (Fsp3) is 0.500. The summed E-state index contributed by atoms with van der Waals surface area (Å²) >= 11 is 0. The van der Waals surface area contributed by atoms with Crippen molar-refractivity contribution in [2.24, 2.45) is 5.92 Å². The molecule has 0 radical (unpaired) electrons. The number of piperidine rings is 1. The summed E-state index contributed by atoms with van der Waals surface area (Å²) in [5.74, 6) is 0.240. The van der Waals surface area contributed by atoms with Crippen molar-refractivity contribution in [3.8, 4) is 5.75 Å².